The van der Waals surface area contributed by atoms with Crippen molar-refractivity contribution >= 4 is 62.0 Å². The first-order valence-corrected chi connectivity index (χ1v) is 21.2. The third kappa shape index (κ3) is 13.4. The van der Waals surface area contributed by atoms with Gasteiger partial charge in [-0.3, -0.25) is 19.2 Å². The summed E-state index contributed by atoms with van der Waals surface area (Å²) in [6.45, 7) is 15.1. The highest BCUT2D eigenvalue weighted by Gasteiger charge is 2.44. The number of carbonyl (C=O) groups excluding carboxylic acids is 5. The molecule has 0 saturated heterocycles. The molecule has 0 radical (unpaired) electrons. The normalized spacial score (nSPS) is 18.7. The molecule has 0 bridgehead atoms. The van der Waals surface area contributed by atoms with Gasteiger partial charge < -0.3 is 26.2 Å². The van der Waals surface area contributed by atoms with Gasteiger partial charge in [0, 0.05) is 19.5 Å². The van der Waals surface area contributed by atoms with Crippen LogP contribution in [0.5, 0.6) is 0 Å². The molecule has 2 fully saturated rings. The first-order chi connectivity index (χ1) is 23.8. The predicted octanol–water partition coefficient (Wildman–Crippen LogP) is 4.41. The molecule has 0 aromatic heterocycles. The number of urea groups is 1. The van der Waals surface area contributed by atoms with Crippen LogP contribution in [0.4, 0.5) is 4.79 Å². The lowest BCUT2D eigenvalue weighted by Gasteiger charge is -2.41. The zero-order valence-corrected chi connectivity index (χ0v) is 34.3. The smallest absolute Gasteiger partial charge is 0.315 e. The van der Waals surface area contributed by atoms with Crippen molar-refractivity contribution in [2.24, 2.45) is 17.3 Å². The SMILES string of the molecule is C#CCCC(NC(=O)[C@H](I)N(C[C@@H](C)C(C)C)C(=O)[C@@H](NC(=O)NC1(CS(=O)(=O)C2CCCC2)CCCCC1)C(C)(C)C)C(=O)C(=O)NCC=C. The topological polar surface area (TPSA) is 171 Å². The molecule has 2 rings (SSSR count). The zero-order valence-electron chi connectivity index (χ0n) is 31.3. The van der Waals surface area contributed by atoms with E-state index in [1.165, 1.54) is 11.0 Å². The Bertz CT molecular complexity index is 1390. The lowest BCUT2D eigenvalue weighted by Crippen LogP contribution is -2.63. The van der Waals surface area contributed by atoms with Crippen molar-refractivity contribution in [3.05, 3.63) is 12.7 Å². The van der Waals surface area contributed by atoms with Gasteiger partial charge in [-0.25, -0.2) is 13.2 Å². The van der Waals surface area contributed by atoms with E-state index in [1.54, 1.807) is 20.8 Å². The molecule has 2 saturated carbocycles. The van der Waals surface area contributed by atoms with Gasteiger partial charge in [0.25, 0.3) is 11.8 Å². The minimum absolute atomic E-state index is 0.0207. The minimum atomic E-state index is -3.45. The largest absolute Gasteiger partial charge is 0.346 e. The maximum atomic E-state index is 14.6. The van der Waals surface area contributed by atoms with E-state index in [-0.39, 0.29) is 43.5 Å². The summed E-state index contributed by atoms with van der Waals surface area (Å²) in [5.41, 5.74) is -1.75. The van der Waals surface area contributed by atoms with Crippen LogP contribution in [-0.4, -0.2) is 88.6 Å². The van der Waals surface area contributed by atoms with E-state index in [0.29, 0.717) is 25.7 Å². The van der Waals surface area contributed by atoms with E-state index >= 15 is 0 Å². The molecule has 288 valence electrons. The number of Topliss-reactive ketones (excluding diaryl/α,β-unsaturated/α-hetero) is 1. The lowest BCUT2D eigenvalue weighted by molar-refractivity contribution is -0.143. The van der Waals surface area contributed by atoms with Crippen molar-refractivity contribution < 1.29 is 32.4 Å². The average Bonchev–Trinajstić information content (AvgIpc) is 3.62. The summed E-state index contributed by atoms with van der Waals surface area (Å²) in [5.74, 6) is -0.546. The molecule has 0 spiro atoms. The molecular weight excluding hydrogens is 785 g/mol. The van der Waals surface area contributed by atoms with Crippen LogP contribution in [0, 0.1) is 29.6 Å². The summed E-state index contributed by atoms with van der Waals surface area (Å²) >= 11 is 1.84. The fourth-order valence-electron chi connectivity index (χ4n) is 6.61. The summed E-state index contributed by atoms with van der Waals surface area (Å²) < 4.78 is 25.9. The second-order valence-electron chi connectivity index (χ2n) is 15.7. The zero-order chi connectivity index (χ0) is 38.6. The van der Waals surface area contributed by atoms with Gasteiger partial charge in [0.2, 0.25) is 11.7 Å². The van der Waals surface area contributed by atoms with Gasteiger partial charge in [0.15, 0.2) is 13.9 Å². The van der Waals surface area contributed by atoms with E-state index in [1.807, 2.05) is 43.4 Å². The molecule has 0 aromatic rings. The van der Waals surface area contributed by atoms with E-state index < -0.39 is 71.7 Å². The van der Waals surface area contributed by atoms with Crippen LogP contribution in [0.15, 0.2) is 12.7 Å². The molecule has 2 aliphatic carbocycles. The number of hydrogen-bond acceptors (Lipinski definition) is 7. The number of terminal acetylenes is 1. The number of carbonyl (C=O) groups is 5. The van der Waals surface area contributed by atoms with Crippen LogP contribution >= 0.6 is 22.6 Å². The number of amides is 5. The Morgan fingerprint density at radius 2 is 1.63 bits per heavy atom. The van der Waals surface area contributed by atoms with Crippen molar-refractivity contribution in [3.63, 3.8) is 0 Å². The first kappa shape index (κ1) is 44.5. The van der Waals surface area contributed by atoms with Gasteiger partial charge in [-0.1, -0.05) is 79.7 Å². The third-order valence-corrected chi connectivity index (χ3v) is 13.8. The number of nitrogens with one attached hydrogen (secondary N) is 4. The Morgan fingerprint density at radius 1 is 1.02 bits per heavy atom. The molecule has 4 atom stereocenters. The van der Waals surface area contributed by atoms with E-state index in [4.69, 9.17) is 6.42 Å². The number of nitrogens with zero attached hydrogens (tertiary/aromatic N) is 1. The molecule has 5 amide bonds. The van der Waals surface area contributed by atoms with E-state index in [9.17, 15) is 32.4 Å². The number of halogens is 1. The fourth-order valence-corrected chi connectivity index (χ4v) is 9.71. The molecule has 4 N–H and O–H groups in total. The maximum Gasteiger partial charge on any atom is 0.315 e. The van der Waals surface area contributed by atoms with Gasteiger partial charge in [0.05, 0.1) is 22.6 Å². The Balaban J connectivity index is 2.38. The summed E-state index contributed by atoms with van der Waals surface area (Å²) in [7, 11) is -3.45. The van der Waals surface area contributed by atoms with Crippen molar-refractivity contribution in [2.45, 2.75) is 139 Å². The standard InChI is InChI=1S/C37H60IN5O7S/c1-9-11-19-28(29(44)32(45)39-22-10-2)40-33(46)31(38)43(23-26(5)25(3)4)34(47)30(36(6,7)8)41-35(48)42-37(20-15-12-16-21-37)24-51(49,50)27-17-13-14-18-27/h1,10,25-28,30-31H,2,11-24H2,3-8H3,(H,39,45)(H,40,46)(H2,41,42,48)/t26-,28?,30-,31-/m1/s1. The van der Waals surface area contributed by atoms with Crippen molar-refractivity contribution in [3.8, 4) is 12.3 Å². The first-order valence-electron chi connectivity index (χ1n) is 18.2. The Labute approximate surface area is 319 Å². The number of hydrogen-bond donors (Lipinski definition) is 4. The molecular formula is C37H60IN5O7S. The fraction of sp³-hybridized carbons (Fsp3) is 0.757. The van der Waals surface area contributed by atoms with Crippen molar-refractivity contribution in [2.75, 3.05) is 18.8 Å². The molecule has 12 nitrogen and oxygen atoms in total. The van der Waals surface area contributed by atoms with Crippen LogP contribution in [0.3, 0.4) is 0 Å². The maximum absolute atomic E-state index is 14.6. The highest BCUT2D eigenvalue weighted by Crippen LogP contribution is 2.34. The van der Waals surface area contributed by atoms with Crippen LogP contribution < -0.4 is 21.3 Å². The molecule has 51 heavy (non-hydrogen) atoms. The Kier molecular flexibility index (Phi) is 17.4. The van der Waals surface area contributed by atoms with Crippen molar-refractivity contribution in [1.29, 1.82) is 0 Å². The Hall–Kier alpha value is -2.67. The molecule has 0 heterocycles. The van der Waals surface area contributed by atoms with E-state index in [2.05, 4.69) is 33.8 Å². The number of rotatable bonds is 18. The molecule has 14 heteroatoms. The summed E-state index contributed by atoms with van der Waals surface area (Å²) in [6.07, 6.45) is 13.6. The van der Waals surface area contributed by atoms with Gasteiger partial charge in [-0.2, -0.15) is 0 Å². The van der Waals surface area contributed by atoms with Crippen LogP contribution in [0.1, 0.15) is 112 Å². The Morgan fingerprint density at radius 3 is 2.16 bits per heavy atom. The highest BCUT2D eigenvalue weighted by atomic mass is 127. The molecule has 1 unspecified atom stereocenters. The van der Waals surface area contributed by atoms with Gasteiger partial charge in [-0.15, -0.1) is 18.9 Å². The van der Waals surface area contributed by atoms with Gasteiger partial charge >= 0.3 is 6.03 Å². The molecule has 2 aliphatic rings. The second kappa shape index (κ2) is 20.0. The average molecular weight is 846 g/mol. The monoisotopic (exact) mass is 845 g/mol. The predicted molar refractivity (Wildman–Crippen MR) is 209 cm³/mol. The lowest BCUT2D eigenvalue weighted by atomic mass is 9.83. The van der Waals surface area contributed by atoms with Crippen molar-refractivity contribution in [1.82, 2.24) is 26.2 Å². The summed E-state index contributed by atoms with van der Waals surface area (Å²) in [4.78, 5) is 69.0. The van der Waals surface area contributed by atoms with Gasteiger partial charge in [-0.05, 0) is 71.9 Å². The third-order valence-electron chi connectivity index (χ3n) is 10.1. The van der Waals surface area contributed by atoms with Crippen LogP contribution in [0.25, 0.3) is 0 Å². The quantitative estimate of drug-likeness (QED) is 0.0396. The van der Waals surface area contributed by atoms with E-state index in [0.717, 1.165) is 32.1 Å². The number of ketones is 1. The minimum Gasteiger partial charge on any atom is -0.346 e. The highest BCUT2D eigenvalue weighted by molar-refractivity contribution is 14.1. The summed E-state index contributed by atoms with van der Waals surface area (Å²) in [5, 5.41) is 10.6. The number of alkyl halides is 1. The second-order valence-corrected chi connectivity index (χ2v) is 19.1. The van der Waals surface area contributed by atoms with Crippen LogP contribution in [0.2, 0.25) is 0 Å². The molecule has 0 aliphatic heterocycles. The van der Waals surface area contributed by atoms with Gasteiger partial charge in [0.1, 0.15) is 6.04 Å². The number of sulfone groups is 1. The summed E-state index contributed by atoms with van der Waals surface area (Å²) in [6, 6.07) is -2.95. The molecule has 0 aromatic carbocycles. The van der Waals surface area contributed by atoms with Crippen LogP contribution in [-0.2, 0) is 29.0 Å².